The fraction of sp³-hybridized carbons (Fsp3) is 0.953. The SMILES string of the molecule is CCCCCCCCCCCCCCCCCCCCCCCCC(=O)O[C@H](COC(=O)CCCCCCCCCCCCCCCCCCC)COP(=O)(O)OC[C@@H](O)COP(=O)(O)OC[C@@H](COC(=O)CCCCCCCCCCCCCC)OC(=O)CCCCCCCCCCCCC(C)CC. The molecule has 0 saturated carbocycles. The number of hydrogen-bond acceptors (Lipinski definition) is 15. The Kier molecular flexibility index (Phi) is 77.3. The zero-order valence-corrected chi connectivity index (χ0v) is 70.7. The minimum absolute atomic E-state index is 0.107. The zero-order valence-electron chi connectivity index (χ0n) is 68.9. The average Bonchev–Trinajstić information content (AvgIpc) is 0.909. The molecule has 0 saturated heterocycles. The van der Waals surface area contributed by atoms with Gasteiger partial charge in [-0.3, -0.25) is 37.3 Å². The summed E-state index contributed by atoms with van der Waals surface area (Å²) >= 11 is 0. The van der Waals surface area contributed by atoms with Crippen LogP contribution < -0.4 is 0 Å². The first kappa shape index (κ1) is 103. The fourth-order valence-corrected chi connectivity index (χ4v) is 15.0. The van der Waals surface area contributed by atoms with Crippen LogP contribution in [0, 0.1) is 5.92 Å². The van der Waals surface area contributed by atoms with Gasteiger partial charge in [-0.25, -0.2) is 9.13 Å². The van der Waals surface area contributed by atoms with Crippen molar-refractivity contribution in [3.05, 3.63) is 0 Å². The molecule has 0 aromatic carbocycles. The molecule has 0 aliphatic carbocycles. The number of ether oxygens (including phenoxy) is 4. The molecule has 3 N–H and O–H groups in total. The Morgan fingerprint density at radius 2 is 0.457 bits per heavy atom. The lowest BCUT2D eigenvalue weighted by atomic mass is 9.99. The summed E-state index contributed by atoms with van der Waals surface area (Å²) in [6.07, 6.45) is 72.1. The molecule has 6 atom stereocenters. The highest BCUT2D eigenvalue weighted by Gasteiger charge is 2.30. The third kappa shape index (κ3) is 78.5. The summed E-state index contributed by atoms with van der Waals surface area (Å²) in [6.45, 7) is 7.39. The minimum atomic E-state index is -4.97. The van der Waals surface area contributed by atoms with Crippen LogP contribution in [0.15, 0.2) is 0 Å². The van der Waals surface area contributed by atoms with E-state index in [9.17, 15) is 43.2 Å². The molecule has 0 aromatic rings. The van der Waals surface area contributed by atoms with E-state index < -0.39 is 97.5 Å². The normalized spacial score (nSPS) is 14.0. The van der Waals surface area contributed by atoms with Gasteiger partial charge in [0, 0.05) is 25.7 Å². The zero-order chi connectivity index (χ0) is 76.9. The van der Waals surface area contributed by atoms with Gasteiger partial charge in [0.2, 0.25) is 0 Å². The van der Waals surface area contributed by atoms with Crippen LogP contribution in [0.4, 0.5) is 0 Å². The summed E-state index contributed by atoms with van der Waals surface area (Å²) in [5, 5.41) is 10.7. The van der Waals surface area contributed by atoms with E-state index >= 15 is 0 Å². The van der Waals surface area contributed by atoms with Gasteiger partial charge in [-0.05, 0) is 31.6 Å². The van der Waals surface area contributed by atoms with Crippen molar-refractivity contribution in [2.45, 2.75) is 483 Å². The largest absolute Gasteiger partial charge is 0.472 e. The number of carbonyl (C=O) groups excluding carboxylic acids is 4. The Morgan fingerprint density at radius 3 is 0.676 bits per heavy atom. The van der Waals surface area contributed by atoms with Gasteiger partial charge in [-0.2, -0.15) is 0 Å². The van der Waals surface area contributed by atoms with Crippen LogP contribution in [0.2, 0.25) is 0 Å². The van der Waals surface area contributed by atoms with E-state index in [-0.39, 0.29) is 25.7 Å². The van der Waals surface area contributed by atoms with Gasteiger partial charge >= 0.3 is 39.5 Å². The van der Waals surface area contributed by atoms with Crippen LogP contribution in [0.1, 0.15) is 465 Å². The molecule has 624 valence electrons. The molecule has 17 nitrogen and oxygen atoms in total. The van der Waals surface area contributed by atoms with Crippen molar-refractivity contribution in [2.24, 2.45) is 5.92 Å². The molecule has 19 heteroatoms. The molecule has 0 aromatic heterocycles. The van der Waals surface area contributed by atoms with E-state index in [1.165, 1.54) is 289 Å². The summed E-state index contributed by atoms with van der Waals surface area (Å²) < 4.78 is 68.9. The third-order valence-corrected chi connectivity index (χ3v) is 22.5. The van der Waals surface area contributed by atoms with Gasteiger partial charge in [0.15, 0.2) is 12.2 Å². The molecule has 0 spiro atoms. The predicted octanol–water partition coefficient (Wildman–Crippen LogP) is 26.4. The number of esters is 4. The number of unbranched alkanes of at least 4 members (excludes halogenated alkanes) is 57. The Bertz CT molecular complexity index is 2000. The summed E-state index contributed by atoms with van der Waals surface area (Å²) in [7, 11) is -9.93. The maximum atomic E-state index is 13.1. The number of phosphoric ester groups is 2. The first-order valence-corrected chi connectivity index (χ1v) is 47.7. The van der Waals surface area contributed by atoms with E-state index in [2.05, 4.69) is 34.6 Å². The number of aliphatic hydroxyl groups is 1. The highest BCUT2D eigenvalue weighted by Crippen LogP contribution is 2.45. The molecule has 0 fully saturated rings. The Hall–Kier alpha value is -1.94. The lowest BCUT2D eigenvalue weighted by molar-refractivity contribution is -0.161. The van der Waals surface area contributed by atoms with Crippen molar-refractivity contribution in [3.63, 3.8) is 0 Å². The standard InChI is InChI=1S/C86H168O17P2/c1-6-10-13-16-19-22-25-28-30-32-33-34-35-36-38-40-42-45-51-56-61-66-71-85(90)102-81(75-97-84(89)70-65-60-55-50-44-41-39-37-31-29-26-23-20-17-14-11-7-2)77-100-104(92,93)98-73-80(87)74-99-105(94,95)101-78-82(76-96-83(88)69-64-59-54-49-43-27-24-21-18-15-12-8-3)103-86(91)72-67-62-57-52-47-46-48-53-58-63-68-79(5)9-4/h79-82,87H,6-78H2,1-5H3,(H,92,93)(H,94,95)/t79?,80-,81-,82-/m1/s1. The maximum Gasteiger partial charge on any atom is 0.472 e. The molecule has 0 heterocycles. The summed E-state index contributed by atoms with van der Waals surface area (Å²) in [6, 6.07) is 0. The van der Waals surface area contributed by atoms with Gasteiger partial charge in [-0.1, -0.05) is 413 Å². The summed E-state index contributed by atoms with van der Waals surface area (Å²) in [5.74, 6) is -1.30. The Morgan fingerprint density at radius 1 is 0.267 bits per heavy atom. The predicted molar refractivity (Wildman–Crippen MR) is 432 cm³/mol. The molecule has 0 aliphatic rings. The van der Waals surface area contributed by atoms with E-state index in [0.717, 1.165) is 95.8 Å². The minimum Gasteiger partial charge on any atom is -0.462 e. The molecule has 0 aliphatic heterocycles. The first-order valence-electron chi connectivity index (χ1n) is 44.7. The van der Waals surface area contributed by atoms with E-state index in [0.29, 0.717) is 25.7 Å². The van der Waals surface area contributed by atoms with Crippen LogP contribution in [-0.2, 0) is 65.4 Å². The van der Waals surface area contributed by atoms with Crippen LogP contribution in [0.25, 0.3) is 0 Å². The van der Waals surface area contributed by atoms with Gasteiger partial charge in [0.05, 0.1) is 26.4 Å². The quantitative estimate of drug-likeness (QED) is 0.0222. The van der Waals surface area contributed by atoms with E-state index in [1.54, 1.807) is 0 Å². The van der Waals surface area contributed by atoms with E-state index in [4.69, 9.17) is 37.0 Å². The molecule has 0 rings (SSSR count). The van der Waals surface area contributed by atoms with Gasteiger partial charge < -0.3 is 33.8 Å². The second kappa shape index (κ2) is 78.7. The van der Waals surface area contributed by atoms with Crippen molar-refractivity contribution < 1.29 is 80.2 Å². The second-order valence-corrected chi connectivity index (χ2v) is 34.1. The number of hydrogen-bond donors (Lipinski definition) is 3. The second-order valence-electron chi connectivity index (χ2n) is 31.2. The van der Waals surface area contributed by atoms with Crippen molar-refractivity contribution in [3.8, 4) is 0 Å². The smallest absolute Gasteiger partial charge is 0.462 e. The van der Waals surface area contributed by atoms with Gasteiger partial charge in [-0.15, -0.1) is 0 Å². The van der Waals surface area contributed by atoms with E-state index in [1.807, 2.05) is 0 Å². The van der Waals surface area contributed by atoms with Crippen molar-refractivity contribution in [2.75, 3.05) is 39.6 Å². The van der Waals surface area contributed by atoms with Gasteiger partial charge in [0.1, 0.15) is 19.3 Å². The highest BCUT2D eigenvalue weighted by atomic mass is 31.2. The molecule has 0 amide bonds. The molecule has 105 heavy (non-hydrogen) atoms. The molecule has 0 bridgehead atoms. The summed E-state index contributed by atoms with van der Waals surface area (Å²) in [4.78, 5) is 73.2. The highest BCUT2D eigenvalue weighted by molar-refractivity contribution is 7.47. The maximum absolute atomic E-state index is 13.1. The number of rotatable bonds is 86. The van der Waals surface area contributed by atoms with Gasteiger partial charge in [0.25, 0.3) is 0 Å². The molecular formula is C86H168O17P2. The first-order chi connectivity index (χ1) is 51.1. The Balaban J connectivity index is 5.23. The molecular weight excluding hydrogens is 1370 g/mol. The van der Waals surface area contributed by atoms with Crippen LogP contribution in [0.5, 0.6) is 0 Å². The lowest BCUT2D eigenvalue weighted by Crippen LogP contribution is -2.30. The van der Waals surface area contributed by atoms with Crippen LogP contribution >= 0.6 is 15.6 Å². The van der Waals surface area contributed by atoms with Crippen molar-refractivity contribution in [1.29, 1.82) is 0 Å². The number of aliphatic hydroxyl groups excluding tert-OH is 1. The number of phosphoric acid groups is 2. The average molecular weight is 1540 g/mol. The monoisotopic (exact) mass is 1540 g/mol. The molecule has 3 unspecified atom stereocenters. The Labute approximate surface area is 645 Å². The van der Waals surface area contributed by atoms with Crippen molar-refractivity contribution in [1.82, 2.24) is 0 Å². The lowest BCUT2D eigenvalue weighted by Gasteiger charge is -2.21. The third-order valence-electron chi connectivity index (χ3n) is 20.6. The number of carbonyl (C=O) groups is 4. The van der Waals surface area contributed by atoms with Crippen LogP contribution in [0.3, 0.4) is 0 Å². The molecule has 0 radical (unpaired) electrons. The van der Waals surface area contributed by atoms with Crippen LogP contribution in [-0.4, -0.2) is 96.7 Å². The fourth-order valence-electron chi connectivity index (χ4n) is 13.4. The summed E-state index contributed by atoms with van der Waals surface area (Å²) in [5.41, 5.74) is 0. The van der Waals surface area contributed by atoms with Crippen molar-refractivity contribution >= 4 is 39.5 Å². The topological polar surface area (TPSA) is 237 Å².